The van der Waals surface area contributed by atoms with Gasteiger partial charge in [0, 0.05) is 12.0 Å². The Morgan fingerprint density at radius 2 is 1.54 bits per heavy atom. The average Bonchev–Trinajstić information content (AvgIpc) is 3.00. The van der Waals surface area contributed by atoms with Crippen LogP contribution in [0.4, 0.5) is 0 Å². The second kappa shape index (κ2) is 6.40. The van der Waals surface area contributed by atoms with Crippen LogP contribution in [0.2, 0.25) is 0 Å². The highest BCUT2D eigenvalue weighted by Crippen LogP contribution is 2.44. The normalized spacial score (nSPS) is 22.4. The number of amides is 1. The van der Waals surface area contributed by atoms with Gasteiger partial charge in [-0.25, -0.2) is 0 Å². The zero-order chi connectivity index (χ0) is 16.4. The number of fused-ring (bicyclic) bond motifs is 1. The summed E-state index contributed by atoms with van der Waals surface area (Å²) < 4.78 is 6.01. The van der Waals surface area contributed by atoms with Crippen molar-refractivity contribution in [1.82, 2.24) is 4.90 Å². The highest BCUT2D eigenvalue weighted by molar-refractivity contribution is 5.79. The molecule has 1 unspecified atom stereocenters. The molecule has 0 radical (unpaired) electrons. The third kappa shape index (κ3) is 2.84. The van der Waals surface area contributed by atoms with E-state index in [1.807, 2.05) is 4.90 Å². The molecule has 24 heavy (non-hydrogen) atoms. The number of ether oxygens (including phenoxy) is 1. The van der Waals surface area contributed by atoms with E-state index >= 15 is 0 Å². The Kier molecular flexibility index (Phi) is 4.11. The van der Waals surface area contributed by atoms with Gasteiger partial charge in [0.25, 0.3) is 5.91 Å². The first-order chi connectivity index (χ1) is 11.8. The lowest BCUT2D eigenvalue weighted by Crippen LogP contribution is -2.53. The minimum Gasteiger partial charge on any atom is -0.348 e. The lowest BCUT2D eigenvalue weighted by molar-refractivity contribution is -0.136. The van der Waals surface area contributed by atoms with Gasteiger partial charge >= 0.3 is 0 Å². The first kappa shape index (κ1) is 15.4. The van der Waals surface area contributed by atoms with Gasteiger partial charge in [-0.3, -0.25) is 4.79 Å². The summed E-state index contributed by atoms with van der Waals surface area (Å²) in [6.45, 7) is 1.06. The van der Waals surface area contributed by atoms with Crippen LogP contribution < -0.4 is 0 Å². The van der Waals surface area contributed by atoms with Crippen molar-refractivity contribution in [3.05, 3.63) is 71.8 Å². The minimum atomic E-state index is -0.0980. The SMILES string of the molecule is O=C1COC2N1CCCC2(Cc1ccccc1)Cc1ccccc1. The molecule has 0 N–H and O–H groups in total. The van der Waals surface area contributed by atoms with Gasteiger partial charge in [0.1, 0.15) is 12.8 Å². The number of carbonyl (C=O) groups excluding carboxylic acids is 1. The van der Waals surface area contributed by atoms with E-state index in [4.69, 9.17) is 4.74 Å². The molecule has 2 aromatic rings. The van der Waals surface area contributed by atoms with Crippen molar-refractivity contribution in [2.75, 3.05) is 13.2 Å². The van der Waals surface area contributed by atoms with Crippen molar-refractivity contribution in [3.63, 3.8) is 0 Å². The highest BCUT2D eigenvalue weighted by atomic mass is 16.5. The fraction of sp³-hybridized carbons (Fsp3) is 0.381. The van der Waals surface area contributed by atoms with Gasteiger partial charge in [-0.2, -0.15) is 0 Å². The number of nitrogens with zero attached hydrogens (tertiary/aromatic N) is 1. The zero-order valence-corrected chi connectivity index (χ0v) is 13.9. The van der Waals surface area contributed by atoms with E-state index in [0.29, 0.717) is 0 Å². The molecular formula is C21H23NO2. The standard InChI is InChI=1S/C21H23NO2/c23-19-16-24-20-21(12-7-13-22(19)20,14-17-8-3-1-4-9-17)15-18-10-5-2-6-11-18/h1-6,8-11,20H,7,12-16H2. The molecule has 1 amide bonds. The van der Waals surface area contributed by atoms with Crippen LogP contribution in [0.15, 0.2) is 60.7 Å². The summed E-state index contributed by atoms with van der Waals surface area (Å²) in [4.78, 5) is 14.2. The third-order valence-corrected chi connectivity index (χ3v) is 5.36. The van der Waals surface area contributed by atoms with Gasteiger partial charge in [0.2, 0.25) is 0 Å². The van der Waals surface area contributed by atoms with Gasteiger partial charge in [0.05, 0.1) is 0 Å². The van der Waals surface area contributed by atoms with E-state index in [1.54, 1.807) is 0 Å². The maximum absolute atomic E-state index is 12.2. The van der Waals surface area contributed by atoms with Crippen molar-refractivity contribution in [2.24, 2.45) is 5.41 Å². The Morgan fingerprint density at radius 1 is 0.958 bits per heavy atom. The Morgan fingerprint density at radius 3 is 2.12 bits per heavy atom. The Bertz CT molecular complexity index is 657. The summed E-state index contributed by atoms with van der Waals surface area (Å²) in [6.07, 6.45) is 3.92. The van der Waals surface area contributed by atoms with Gasteiger partial charge in [0.15, 0.2) is 0 Å². The van der Waals surface area contributed by atoms with Gasteiger partial charge < -0.3 is 9.64 Å². The lowest BCUT2D eigenvalue weighted by Gasteiger charge is -2.46. The molecule has 2 saturated heterocycles. The van der Waals surface area contributed by atoms with E-state index < -0.39 is 0 Å². The second-order valence-electron chi connectivity index (χ2n) is 7.04. The third-order valence-electron chi connectivity index (χ3n) is 5.36. The molecule has 4 rings (SSSR count). The molecule has 0 bridgehead atoms. The molecule has 2 fully saturated rings. The monoisotopic (exact) mass is 321 g/mol. The van der Waals surface area contributed by atoms with Crippen LogP contribution in [0.1, 0.15) is 24.0 Å². The van der Waals surface area contributed by atoms with E-state index in [-0.39, 0.29) is 24.2 Å². The van der Waals surface area contributed by atoms with Gasteiger partial charge in [-0.05, 0) is 36.8 Å². The Labute approximate surface area is 143 Å². The molecule has 0 aromatic heterocycles. The van der Waals surface area contributed by atoms with E-state index in [2.05, 4.69) is 60.7 Å². The average molecular weight is 321 g/mol. The number of hydrogen-bond donors (Lipinski definition) is 0. The highest BCUT2D eigenvalue weighted by Gasteiger charge is 2.50. The smallest absolute Gasteiger partial charge is 0.250 e. The lowest BCUT2D eigenvalue weighted by atomic mass is 9.69. The van der Waals surface area contributed by atoms with E-state index in [9.17, 15) is 4.79 Å². The summed E-state index contributed by atoms with van der Waals surface area (Å²) >= 11 is 0. The van der Waals surface area contributed by atoms with Crippen LogP contribution in [-0.2, 0) is 22.4 Å². The van der Waals surface area contributed by atoms with Crippen LogP contribution in [-0.4, -0.2) is 30.2 Å². The van der Waals surface area contributed by atoms with Crippen molar-refractivity contribution in [3.8, 4) is 0 Å². The molecular weight excluding hydrogens is 298 g/mol. The largest absolute Gasteiger partial charge is 0.348 e. The summed E-state index contributed by atoms with van der Waals surface area (Å²) in [5, 5.41) is 0. The van der Waals surface area contributed by atoms with Crippen molar-refractivity contribution in [2.45, 2.75) is 31.9 Å². The number of hydrogen-bond acceptors (Lipinski definition) is 2. The number of carbonyl (C=O) groups is 1. The van der Waals surface area contributed by atoms with Crippen LogP contribution in [0.3, 0.4) is 0 Å². The first-order valence-electron chi connectivity index (χ1n) is 8.76. The van der Waals surface area contributed by atoms with Crippen molar-refractivity contribution in [1.29, 1.82) is 0 Å². The molecule has 2 aromatic carbocycles. The first-order valence-corrected chi connectivity index (χ1v) is 8.76. The fourth-order valence-corrected chi connectivity index (χ4v) is 4.35. The van der Waals surface area contributed by atoms with Gasteiger partial charge in [-0.1, -0.05) is 60.7 Å². The zero-order valence-electron chi connectivity index (χ0n) is 13.9. The summed E-state index contributed by atoms with van der Waals surface area (Å²) in [6, 6.07) is 21.2. The van der Waals surface area contributed by atoms with E-state index in [0.717, 1.165) is 32.2 Å². The second-order valence-corrected chi connectivity index (χ2v) is 7.04. The molecule has 2 aliphatic rings. The van der Waals surface area contributed by atoms with Crippen molar-refractivity contribution >= 4 is 5.91 Å². The molecule has 3 nitrogen and oxygen atoms in total. The van der Waals surface area contributed by atoms with Crippen LogP contribution in [0, 0.1) is 5.41 Å². The van der Waals surface area contributed by atoms with Crippen LogP contribution in [0.25, 0.3) is 0 Å². The molecule has 0 spiro atoms. The fourth-order valence-electron chi connectivity index (χ4n) is 4.35. The number of rotatable bonds is 4. The summed E-state index contributed by atoms with van der Waals surface area (Å²) in [5.41, 5.74) is 2.59. The summed E-state index contributed by atoms with van der Waals surface area (Å²) in [5.74, 6) is 0.144. The molecule has 1 atom stereocenters. The predicted octanol–water partition coefficient (Wildman–Crippen LogP) is 3.44. The maximum atomic E-state index is 12.2. The topological polar surface area (TPSA) is 29.5 Å². The molecule has 0 saturated carbocycles. The molecule has 2 aliphatic heterocycles. The molecule has 2 heterocycles. The molecule has 0 aliphatic carbocycles. The molecule has 3 heteroatoms. The summed E-state index contributed by atoms with van der Waals surface area (Å²) in [7, 11) is 0. The quantitative estimate of drug-likeness (QED) is 0.863. The minimum absolute atomic E-state index is 0.0485. The molecule has 124 valence electrons. The van der Waals surface area contributed by atoms with E-state index in [1.165, 1.54) is 11.1 Å². The van der Waals surface area contributed by atoms with Crippen LogP contribution in [0.5, 0.6) is 0 Å². The Balaban J connectivity index is 1.70. The van der Waals surface area contributed by atoms with Gasteiger partial charge in [-0.15, -0.1) is 0 Å². The number of benzene rings is 2. The van der Waals surface area contributed by atoms with Crippen molar-refractivity contribution < 1.29 is 9.53 Å². The Hall–Kier alpha value is -2.13. The number of piperidine rings is 1. The maximum Gasteiger partial charge on any atom is 0.250 e. The predicted molar refractivity (Wildman–Crippen MR) is 93.4 cm³/mol. The van der Waals surface area contributed by atoms with Crippen LogP contribution >= 0.6 is 0 Å².